The number of aliphatic hydroxyl groups excluding tert-OH is 2. The summed E-state index contributed by atoms with van der Waals surface area (Å²) in [5.74, 6) is -6.73. The summed E-state index contributed by atoms with van der Waals surface area (Å²) in [6.07, 6.45) is -14.5. The number of benzene rings is 1. The fourth-order valence-electron chi connectivity index (χ4n) is 10.4. The first-order valence-corrected chi connectivity index (χ1v) is 20.7. The molecular formula is C44H57NO17. The zero-order chi connectivity index (χ0) is 46.1. The minimum absolute atomic E-state index is 0.0261. The fraction of sp³-hybridized carbons (Fsp3) is 0.659. The average Bonchev–Trinajstić information content (AvgIpc) is 3.52. The molecule has 1 amide bonds. The summed E-state index contributed by atoms with van der Waals surface area (Å²) in [5.41, 5.74) is -8.99. The van der Waals surface area contributed by atoms with Crippen molar-refractivity contribution in [3.8, 4) is 0 Å². The van der Waals surface area contributed by atoms with Crippen molar-refractivity contribution >= 4 is 41.9 Å². The third-order valence-corrected chi connectivity index (χ3v) is 12.9. The minimum Gasteiger partial charge on any atom is -0.454 e. The number of rotatable bonds is 10. The van der Waals surface area contributed by atoms with E-state index in [9.17, 15) is 39.0 Å². The van der Waals surface area contributed by atoms with Crippen LogP contribution in [0.3, 0.4) is 0 Å². The fourth-order valence-corrected chi connectivity index (χ4v) is 10.4. The van der Waals surface area contributed by atoms with Crippen LogP contribution in [0.2, 0.25) is 0 Å². The van der Waals surface area contributed by atoms with Gasteiger partial charge >= 0.3 is 36.1 Å². The number of Topliss-reactive ketones (excluding diaryl/α,β-unsaturated/α-hetero) is 1. The SMILES string of the molecule is CC(=O)O[C@H]1C(=O)[C@@]2(C)[C@H]([C@H](OC(=O)c3ccccc3)[C@]34OC(=O)O[C@@H]3[C@H](OC(=O)[C@H](O)[C@H](CC(C)C)NC(=O)OC(C)(C)C)C(C)=C1C4(C)C)[C@]1(OC(C)=O)CO[C@@H]1C[C@@H]2O. The number of hydrogen-bond acceptors (Lipinski definition) is 17. The molecule has 2 saturated heterocycles. The first-order valence-electron chi connectivity index (χ1n) is 20.7. The van der Waals surface area contributed by atoms with Crippen molar-refractivity contribution < 1.29 is 81.7 Å². The Balaban J connectivity index is 1.61. The highest BCUT2D eigenvalue weighted by Crippen LogP contribution is 2.67. The molecule has 18 heteroatoms. The van der Waals surface area contributed by atoms with Crippen molar-refractivity contribution in [1.82, 2.24) is 5.32 Å². The summed E-state index contributed by atoms with van der Waals surface area (Å²) < 4.78 is 48.1. The molecule has 6 rings (SSSR count). The van der Waals surface area contributed by atoms with E-state index >= 15 is 4.79 Å². The number of aliphatic hydroxyl groups is 2. The van der Waals surface area contributed by atoms with Crippen LogP contribution in [-0.4, -0.2) is 124 Å². The number of ether oxygens (including phenoxy) is 8. The molecule has 12 atom stereocenters. The average molecular weight is 872 g/mol. The van der Waals surface area contributed by atoms with Gasteiger partial charge in [0.25, 0.3) is 0 Å². The van der Waals surface area contributed by atoms with Crippen LogP contribution in [0, 0.1) is 22.7 Å². The Hall–Kier alpha value is -5.07. The number of fused-ring (bicyclic) bond motifs is 4. The van der Waals surface area contributed by atoms with Gasteiger partial charge in [0, 0.05) is 25.7 Å². The number of carbonyl (C=O) groups excluding carboxylic acids is 7. The van der Waals surface area contributed by atoms with Crippen molar-refractivity contribution in [3.63, 3.8) is 0 Å². The van der Waals surface area contributed by atoms with E-state index in [4.69, 9.17) is 37.9 Å². The van der Waals surface area contributed by atoms with E-state index in [-0.39, 0.29) is 42.1 Å². The van der Waals surface area contributed by atoms with Crippen molar-refractivity contribution in [2.24, 2.45) is 22.7 Å². The van der Waals surface area contributed by atoms with E-state index in [1.165, 1.54) is 26.0 Å². The van der Waals surface area contributed by atoms with Crippen LogP contribution >= 0.6 is 0 Å². The summed E-state index contributed by atoms with van der Waals surface area (Å²) in [6.45, 7) is 16.2. The Morgan fingerprint density at radius 2 is 1.61 bits per heavy atom. The van der Waals surface area contributed by atoms with Crippen LogP contribution in [-0.2, 0) is 57.1 Å². The topological polar surface area (TPSA) is 246 Å². The largest absolute Gasteiger partial charge is 0.509 e. The number of esters is 4. The first kappa shape index (κ1) is 46.4. The molecule has 2 aliphatic heterocycles. The lowest BCUT2D eigenvalue weighted by atomic mass is 9.44. The maximum absolute atomic E-state index is 15.6. The normalized spacial score (nSPS) is 34.2. The molecule has 62 heavy (non-hydrogen) atoms. The van der Waals surface area contributed by atoms with Crippen LogP contribution in [0.15, 0.2) is 41.5 Å². The summed E-state index contributed by atoms with van der Waals surface area (Å²) in [5, 5.41) is 26.3. The molecule has 1 aromatic carbocycles. The molecule has 1 aromatic rings. The van der Waals surface area contributed by atoms with Crippen LogP contribution in [0.4, 0.5) is 9.59 Å². The standard InChI is InChI=1S/C44H57NO17/c1-20(2)17-25(45-38(53)61-40(6,7)8)29(49)37(52)57-30-21(3)28-31(56-22(4)46)33(50)42(11)26(48)18-27-43(19-55-27,60-23(5)47)32(42)35(58-36(51)24-15-13-12-14-16-24)44(41(28,9)10)34(30)59-39(54)62-44/h12-16,20,25-27,29-32,34-35,48-49H,17-19H2,1-11H3,(H,45,53)/t25-,26-,27+,29+,30+,31+,32-,34+,35-,42+,43-,44+/m0/s1. The molecule has 3 N–H and O–H groups in total. The van der Waals surface area contributed by atoms with E-state index in [1.807, 2.05) is 0 Å². The van der Waals surface area contributed by atoms with Gasteiger partial charge in [-0.1, -0.05) is 45.9 Å². The minimum atomic E-state index is -2.36. The molecule has 340 valence electrons. The molecule has 18 nitrogen and oxygen atoms in total. The smallest absolute Gasteiger partial charge is 0.454 e. The van der Waals surface area contributed by atoms with Gasteiger partial charge < -0.3 is 53.4 Å². The van der Waals surface area contributed by atoms with E-state index in [1.54, 1.807) is 66.7 Å². The Kier molecular flexibility index (Phi) is 12.2. The van der Waals surface area contributed by atoms with Crippen LogP contribution in [0.25, 0.3) is 0 Å². The number of carbonyl (C=O) groups is 7. The van der Waals surface area contributed by atoms with Gasteiger partial charge in [0.1, 0.15) is 11.7 Å². The zero-order valence-corrected chi connectivity index (χ0v) is 36.8. The lowest BCUT2D eigenvalue weighted by Crippen LogP contribution is -2.83. The van der Waals surface area contributed by atoms with Gasteiger partial charge in [0.05, 0.1) is 35.6 Å². The highest BCUT2D eigenvalue weighted by Gasteiger charge is 2.83. The Bertz CT molecular complexity index is 2040. The lowest BCUT2D eigenvalue weighted by molar-refractivity contribution is -0.345. The molecule has 3 aliphatic carbocycles. The Morgan fingerprint density at radius 3 is 2.16 bits per heavy atom. The maximum atomic E-state index is 15.6. The molecule has 2 bridgehead atoms. The van der Waals surface area contributed by atoms with E-state index in [2.05, 4.69) is 5.32 Å². The van der Waals surface area contributed by atoms with Crippen molar-refractivity contribution in [2.75, 3.05) is 6.61 Å². The first-order chi connectivity index (χ1) is 28.7. The van der Waals surface area contributed by atoms with Gasteiger partial charge in [0.15, 0.2) is 41.9 Å². The van der Waals surface area contributed by atoms with Crippen LogP contribution in [0.5, 0.6) is 0 Å². The second-order valence-corrected chi connectivity index (χ2v) is 19.0. The van der Waals surface area contributed by atoms with Gasteiger partial charge in [0.2, 0.25) is 5.60 Å². The molecule has 0 unspecified atom stereocenters. The number of hydrogen-bond donors (Lipinski definition) is 3. The number of amides is 1. The number of ketones is 1. The predicted molar refractivity (Wildman–Crippen MR) is 212 cm³/mol. The second-order valence-electron chi connectivity index (χ2n) is 19.0. The van der Waals surface area contributed by atoms with E-state index < -0.39 is 124 Å². The summed E-state index contributed by atoms with van der Waals surface area (Å²) in [4.78, 5) is 97.3. The van der Waals surface area contributed by atoms with Crippen molar-refractivity contribution in [3.05, 3.63) is 47.0 Å². The Morgan fingerprint density at radius 1 is 0.968 bits per heavy atom. The maximum Gasteiger partial charge on any atom is 0.509 e. The van der Waals surface area contributed by atoms with Gasteiger partial charge in [-0.3, -0.25) is 14.4 Å². The molecule has 0 radical (unpaired) electrons. The zero-order valence-electron chi connectivity index (χ0n) is 36.8. The molecule has 4 fully saturated rings. The predicted octanol–water partition coefficient (Wildman–Crippen LogP) is 3.66. The van der Waals surface area contributed by atoms with E-state index in [0.29, 0.717) is 0 Å². The monoisotopic (exact) mass is 871 g/mol. The summed E-state index contributed by atoms with van der Waals surface area (Å²) in [6, 6.07) is 6.47. The Labute approximate surface area is 359 Å². The lowest BCUT2D eigenvalue weighted by Gasteiger charge is -2.67. The molecule has 5 aliphatic rings. The summed E-state index contributed by atoms with van der Waals surface area (Å²) in [7, 11) is 0. The van der Waals surface area contributed by atoms with Gasteiger partial charge in [-0.25, -0.2) is 19.2 Å². The number of alkyl carbamates (subject to hydrolysis) is 1. The molecule has 2 saturated carbocycles. The third kappa shape index (κ3) is 7.61. The van der Waals surface area contributed by atoms with Crippen LogP contribution < -0.4 is 5.32 Å². The van der Waals surface area contributed by atoms with Crippen molar-refractivity contribution in [1.29, 1.82) is 0 Å². The van der Waals surface area contributed by atoms with Crippen molar-refractivity contribution in [2.45, 2.75) is 155 Å². The quantitative estimate of drug-likeness (QED) is 0.173. The molecule has 2 heterocycles. The van der Waals surface area contributed by atoms with Gasteiger partial charge in [-0.2, -0.15) is 0 Å². The summed E-state index contributed by atoms with van der Waals surface area (Å²) >= 11 is 0. The van der Waals surface area contributed by atoms with Gasteiger partial charge in [-0.05, 0) is 70.2 Å². The third-order valence-electron chi connectivity index (χ3n) is 12.9. The van der Waals surface area contributed by atoms with Crippen LogP contribution in [0.1, 0.15) is 99.4 Å². The highest BCUT2D eigenvalue weighted by atomic mass is 16.8. The number of nitrogens with one attached hydrogen (secondary N) is 1. The molecular weight excluding hydrogens is 814 g/mol. The van der Waals surface area contributed by atoms with E-state index in [0.717, 1.165) is 13.8 Å². The van der Waals surface area contributed by atoms with Gasteiger partial charge in [-0.15, -0.1) is 0 Å². The molecule has 1 spiro atoms. The second kappa shape index (κ2) is 16.2. The molecule has 0 aromatic heterocycles. The highest BCUT2D eigenvalue weighted by molar-refractivity contribution is 5.96.